The first-order valence-corrected chi connectivity index (χ1v) is 9.53. The molecular formula is C19H23BBrN5O4. The van der Waals surface area contributed by atoms with Gasteiger partial charge in [-0.25, -0.2) is 10.9 Å². The molecule has 3 N–H and O–H groups in total. The second-order valence-electron chi connectivity index (χ2n) is 5.93. The first-order chi connectivity index (χ1) is 14.4. The molecule has 0 atom stereocenters. The summed E-state index contributed by atoms with van der Waals surface area (Å²) in [5, 5.41) is 15.9. The van der Waals surface area contributed by atoms with Crippen LogP contribution in [0.4, 0.5) is 0 Å². The van der Waals surface area contributed by atoms with E-state index >= 15 is 0 Å². The van der Waals surface area contributed by atoms with Gasteiger partial charge in [0.1, 0.15) is 7.85 Å². The molecule has 0 radical (unpaired) electrons. The Balaban J connectivity index is 1.97. The zero-order chi connectivity index (χ0) is 22.1. The third-order valence-corrected chi connectivity index (χ3v) is 4.51. The number of hydrogen-bond donors (Lipinski definition) is 3. The van der Waals surface area contributed by atoms with Gasteiger partial charge in [-0.05, 0) is 50.7 Å². The maximum Gasteiger partial charge on any atom is 0.230 e. The molecule has 0 saturated heterocycles. The van der Waals surface area contributed by atoms with Gasteiger partial charge in [0, 0.05) is 0 Å². The first kappa shape index (κ1) is 23.1. The van der Waals surface area contributed by atoms with Crippen molar-refractivity contribution in [2.45, 2.75) is 0 Å². The van der Waals surface area contributed by atoms with Gasteiger partial charge in [-0.3, -0.25) is 5.41 Å². The van der Waals surface area contributed by atoms with E-state index in [1.807, 2.05) is 20.0 Å². The van der Waals surface area contributed by atoms with Crippen molar-refractivity contribution in [1.82, 2.24) is 10.9 Å². The molecule has 0 amide bonds. The number of rotatable bonds is 8. The van der Waals surface area contributed by atoms with E-state index in [9.17, 15) is 0 Å². The summed E-state index contributed by atoms with van der Waals surface area (Å²) in [6, 6.07) is 7.28. The lowest BCUT2D eigenvalue weighted by Crippen LogP contribution is -2.29. The Kier molecular flexibility index (Phi) is 8.54. The van der Waals surface area contributed by atoms with Crippen LogP contribution < -0.4 is 35.3 Å². The molecule has 2 aromatic rings. The molecule has 0 aliphatic carbocycles. The van der Waals surface area contributed by atoms with Gasteiger partial charge >= 0.3 is 0 Å². The highest BCUT2D eigenvalue weighted by Crippen LogP contribution is 2.35. The molecule has 11 heteroatoms. The number of guanidine groups is 1. The molecule has 2 rings (SSSR count). The maximum absolute atomic E-state index is 7.84. The van der Waals surface area contributed by atoms with E-state index < -0.39 is 0 Å². The monoisotopic (exact) mass is 475 g/mol. The van der Waals surface area contributed by atoms with E-state index in [0.717, 1.165) is 21.1 Å². The summed E-state index contributed by atoms with van der Waals surface area (Å²) in [5.74, 6) is 2.35. The van der Waals surface area contributed by atoms with Crippen LogP contribution in [0, 0.1) is 5.41 Å². The third kappa shape index (κ3) is 5.90. The Bertz CT molecular complexity index is 893. The second kappa shape index (κ2) is 11.1. The molecule has 2 aromatic carbocycles. The standard InChI is InChI=1S/C19H23BBrN5O4/c1-27-15-7-11(5-13(20)17(15)29-3)9-23-25-19(22)26-24-10-12-6-14(21)18(30-4)16(8-12)28-2/h5-10H,20H2,1-4H3,(H3,22,25,26)/b23-9+,24-10+. The lowest BCUT2D eigenvalue weighted by atomic mass is 9.92. The number of halogens is 1. The largest absolute Gasteiger partial charge is 0.493 e. The van der Waals surface area contributed by atoms with E-state index in [4.69, 9.17) is 24.4 Å². The molecule has 158 valence electrons. The zero-order valence-corrected chi connectivity index (χ0v) is 19.0. The van der Waals surface area contributed by atoms with Gasteiger partial charge in [0.25, 0.3) is 0 Å². The highest BCUT2D eigenvalue weighted by molar-refractivity contribution is 9.10. The van der Waals surface area contributed by atoms with Crippen molar-refractivity contribution in [3.63, 3.8) is 0 Å². The van der Waals surface area contributed by atoms with Crippen LogP contribution in [0.5, 0.6) is 23.0 Å². The fourth-order valence-corrected chi connectivity index (χ4v) is 3.26. The molecule has 0 aliphatic rings. The summed E-state index contributed by atoms with van der Waals surface area (Å²) in [4.78, 5) is 0. The topological polar surface area (TPSA) is 110 Å². The summed E-state index contributed by atoms with van der Waals surface area (Å²) in [6.45, 7) is 0. The quantitative estimate of drug-likeness (QED) is 0.229. The lowest BCUT2D eigenvalue weighted by Gasteiger charge is -2.11. The van der Waals surface area contributed by atoms with Crippen LogP contribution in [-0.4, -0.2) is 54.7 Å². The minimum Gasteiger partial charge on any atom is -0.493 e. The van der Waals surface area contributed by atoms with Crippen molar-refractivity contribution >= 4 is 47.6 Å². The Morgan fingerprint density at radius 1 is 0.867 bits per heavy atom. The highest BCUT2D eigenvalue weighted by atomic mass is 79.9. The molecule has 0 unspecified atom stereocenters. The summed E-state index contributed by atoms with van der Waals surface area (Å²) in [7, 11) is 8.20. The average Bonchev–Trinajstić information content (AvgIpc) is 2.72. The van der Waals surface area contributed by atoms with Crippen molar-refractivity contribution in [2.24, 2.45) is 10.2 Å². The van der Waals surface area contributed by atoms with E-state index in [1.54, 1.807) is 53.0 Å². The molecule has 0 aliphatic heterocycles. The molecule has 30 heavy (non-hydrogen) atoms. The summed E-state index contributed by atoms with van der Waals surface area (Å²) in [5.41, 5.74) is 7.57. The highest BCUT2D eigenvalue weighted by Gasteiger charge is 2.10. The number of nitrogens with zero attached hydrogens (tertiary/aromatic N) is 2. The number of benzene rings is 2. The normalized spacial score (nSPS) is 10.8. The van der Waals surface area contributed by atoms with Crippen LogP contribution in [0.3, 0.4) is 0 Å². The molecule has 0 bridgehead atoms. The Labute approximate surface area is 184 Å². The first-order valence-electron chi connectivity index (χ1n) is 8.74. The van der Waals surface area contributed by atoms with Crippen molar-refractivity contribution in [3.05, 3.63) is 39.9 Å². The van der Waals surface area contributed by atoms with E-state index in [1.165, 1.54) is 0 Å². The number of nitrogens with one attached hydrogen (secondary N) is 3. The van der Waals surface area contributed by atoms with Crippen molar-refractivity contribution in [1.29, 1.82) is 5.41 Å². The van der Waals surface area contributed by atoms with Gasteiger partial charge in [-0.2, -0.15) is 10.2 Å². The number of ether oxygens (including phenoxy) is 4. The van der Waals surface area contributed by atoms with Crippen LogP contribution in [0.2, 0.25) is 0 Å². The molecule has 0 aromatic heterocycles. The predicted molar refractivity (Wildman–Crippen MR) is 124 cm³/mol. The third-order valence-electron chi connectivity index (χ3n) is 3.92. The number of hydrogen-bond acceptors (Lipinski definition) is 7. The van der Waals surface area contributed by atoms with Gasteiger partial charge in [-0.15, -0.1) is 0 Å². The van der Waals surface area contributed by atoms with Crippen LogP contribution in [0.25, 0.3) is 0 Å². The van der Waals surface area contributed by atoms with Gasteiger partial charge < -0.3 is 18.9 Å². The van der Waals surface area contributed by atoms with Gasteiger partial charge in [0.05, 0.1) is 45.3 Å². The summed E-state index contributed by atoms with van der Waals surface area (Å²) in [6.07, 6.45) is 3.12. The lowest BCUT2D eigenvalue weighted by molar-refractivity contribution is 0.353. The van der Waals surface area contributed by atoms with Crippen LogP contribution >= 0.6 is 15.9 Å². The molecule has 0 saturated carbocycles. The smallest absolute Gasteiger partial charge is 0.230 e. The molecule has 0 heterocycles. The molecule has 0 fully saturated rings. The van der Waals surface area contributed by atoms with Gasteiger partial charge in [0.15, 0.2) is 23.0 Å². The summed E-state index contributed by atoms with van der Waals surface area (Å²) < 4.78 is 21.9. The number of hydrazone groups is 2. The van der Waals surface area contributed by atoms with E-state index in [-0.39, 0.29) is 5.96 Å². The maximum atomic E-state index is 7.84. The molecule has 9 nitrogen and oxygen atoms in total. The van der Waals surface area contributed by atoms with Gasteiger partial charge in [-0.1, -0.05) is 6.07 Å². The minimum atomic E-state index is -0.0979. The fourth-order valence-electron chi connectivity index (χ4n) is 2.64. The average molecular weight is 476 g/mol. The summed E-state index contributed by atoms with van der Waals surface area (Å²) >= 11 is 3.42. The molecular weight excluding hydrogens is 453 g/mol. The Morgan fingerprint density at radius 3 is 1.87 bits per heavy atom. The zero-order valence-electron chi connectivity index (χ0n) is 17.4. The van der Waals surface area contributed by atoms with Crippen molar-refractivity contribution in [3.8, 4) is 23.0 Å². The number of methoxy groups -OCH3 is 4. The Hall–Kier alpha value is -3.21. The Morgan fingerprint density at radius 2 is 1.37 bits per heavy atom. The minimum absolute atomic E-state index is 0.0979. The van der Waals surface area contributed by atoms with E-state index in [0.29, 0.717) is 23.0 Å². The van der Waals surface area contributed by atoms with Crippen molar-refractivity contribution in [2.75, 3.05) is 28.4 Å². The second-order valence-corrected chi connectivity index (χ2v) is 6.78. The SMILES string of the molecule is Bc1cc(/C=N/NC(=N)N/N=C/c2cc(Br)c(OC)c(OC)c2)cc(OC)c1OC. The van der Waals surface area contributed by atoms with E-state index in [2.05, 4.69) is 37.0 Å². The van der Waals surface area contributed by atoms with Crippen molar-refractivity contribution < 1.29 is 18.9 Å². The van der Waals surface area contributed by atoms with Gasteiger partial charge in [0.2, 0.25) is 5.96 Å². The van der Waals surface area contributed by atoms with Crippen LogP contribution in [-0.2, 0) is 0 Å². The fraction of sp³-hybridized carbons (Fsp3) is 0.211. The predicted octanol–water partition coefficient (Wildman–Crippen LogP) is 1.22. The van der Waals surface area contributed by atoms with Crippen LogP contribution in [0.15, 0.2) is 38.9 Å². The molecule has 0 spiro atoms. The van der Waals surface area contributed by atoms with Crippen LogP contribution in [0.1, 0.15) is 11.1 Å².